The first kappa shape index (κ1) is 19.2. The van der Waals surface area contributed by atoms with Crippen LogP contribution in [0.3, 0.4) is 0 Å². The number of nitrogens with zero attached hydrogens (tertiary/aromatic N) is 1. The fourth-order valence-corrected chi connectivity index (χ4v) is 4.83. The maximum absolute atomic E-state index is 6.26. The van der Waals surface area contributed by atoms with Gasteiger partial charge in [-0.3, -0.25) is 0 Å². The molecular formula is C25H33NO3. The van der Waals surface area contributed by atoms with Crippen LogP contribution in [0, 0.1) is 5.92 Å². The number of fused-ring (bicyclic) bond motifs is 3. The zero-order valence-corrected chi connectivity index (χ0v) is 17.6. The molecule has 1 aromatic rings. The molecular weight excluding hydrogens is 362 g/mol. The molecule has 3 aliphatic heterocycles. The molecule has 2 fully saturated rings. The third kappa shape index (κ3) is 4.24. The normalized spacial score (nSPS) is 24.1. The van der Waals surface area contributed by atoms with Crippen molar-refractivity contribution >= 4 is 5.70 Å². The van der Waals surface area contributed by atoms with Gasteiger partial charge < -0.3 is 19.1 Å². The second-order valence-electron chi connectivity index (χ2n) is 8.80. The van der Waals surface area contributed by atoms with E-state index in [4.69, 9.17) is 14.2 Å². The summed E-state index contributed by atoms with van der Waals surface area (Å²) < 4.78 is 17.5. The highest BCUT2D eigenvalue weighted by Crippen LogP contribution is 2.39. The summed E-state index contributed by atoms with van der Waals surface area (Å²) in [5.74, 6) is 2.04. The van der Waals surface area contributed by atoms with Crippen molar-refractivity contribution in [2.75, 3.05) is 39.5 Å². The maximum Gasteiger partial charge on any atom is 0.122 e. The van der Waals surface area contributed by atoms with Crippen LogP contribution in [0.1, 0.15) is 49.3 Å². The van der Waals surface area contributed by atoms with Gasteiger partial charge in [0.25, 0.3) is 0 Å². The van der Waals surface area contributed by atoms with Gasteiger partial charge in [-0.2, -0.15) is 0 Å². The first-order chi connectivity index (χ1) is 14.3. The summed E-state index contributed by atoms with van der Waals surface area (Å²) in [6.07, 6.45) is 9.90. The fraction of sp³-hybridized carbons (Fsp3) is 0.600. The molecule has 3 heterocycles. The van der Waals surface area contributed by atoms with E-state index >= 15 is 0 Å². The molecule has 4 aliphatic rings. The van der Waals surface area contributed by atoms with Crippen LogP contribution in [0.4, 0.5) is 0 Å². The van der Waals surface area contributed by atoms with Crippen LogP contribution in [0.5, 0.6) is 0 Å². The van der Waals surface area contributed by atoms with Gasteiger partial charge in [-0.1, -0.05) is 38.0 Å². The minimum atomic E-state index is 0.0402. The lowest BCUT2D eigenvalue weighted by Crippen LogP contribution is -2.35. The van der Waals surface area contributed by atoms with Gasteiger partial charge in [-0.05, 0) is 48.8 Å². The Kier molecular flexibility index (Phi) is 5.65. The van der Waals surface area contributed by atoms with Crippen molar-refractivity contribution in [3.63, 3.8) is 0 Å². The van der Waals surface area contributed by atoms with E-state index in [1.165, 1.54) is 53.6 Å². The van der Waals surface area contributed by atoms with E-state index in [1.54, 1.807) is 0 Å². The summed E-state index contributed by atoms with van der Waals surface area (Å²) >= 11 is 0. The first-order valence-electron chi connectivity index (χ1n) is 11.4. The third-order valence-electron chi connectivity index (χ3n) is 6.67. The Morgan fingerprint density at radius 2 is 2.14 bits per heavy atom. The molecule has 5 rings (SSSR count). The van der Waals surface area contributed by atoms with Crippen LogP contribution in [-0.4, -0.2) is 50.5 Å². The van der Waals surface area contributed by atoms with Crippen LogP contribution in [-0.2, 0) is 27.1 Å². The van der Waals surface area contributed by atoms with E-state index < -0.39 is 0 Å². The lowest BCUT2D eigenvalue weighted by molar-refractivity contribution is -0.108. The molecule has 1 aromatic carbocycles. The van der Waals surface area contributed by atoms with Gasteiger partial charge in [0.05, 0.1) is 25.5 Å². The topological polar surface area (TPSA) is 30.9 Å². The van der Waals surface area contributed by atoms with Gasteiger partial charge >= 0.3 is 0 Å². The molecule has 29 heavy (non-hydrogen) atoms. The van der Waals surface area contributed by atoms with E-state index in [2.05, 4.69) is 36.1 Å². The summed E-state index contributed by atoms with van der Waals surface area (Å²) in [5.41, 5.74) is 7.16. The van der Waals surface area contributed by atoms with Gasteiger partial charge in [0.1, 0.15) is 18.5 Å². The molecule has 1 atom stereocenters. The zero-order chi connectivity index (χ0) is 19.6. The van der Waals surface area contributed by atoms with Gasteiger partial charge in [-0.15, -0.1) is 0 Å². The molecule has 4 nitrogen and oxygen atoms in total. The molecule has 156 valence electrons. The molecule has 4 heteroatoms. The average Bonchev–Trinajstić information content (AvgIpc) is 3.60. The number of hydrogen-bond acceptors (Lipinski definition) is 4. The molecule has 0 N–H and O–H groups in total. The van der Waals surface area contributed by atoms with E-state index in [9.17, 15) is 0 Å². The maximum atomic E-state index is 6.26. The third-order valence-corrected chi connectivity index (χ3v) is 6.67. The van der Waals surface area contributed by atoms with E-state index in [0.717, 1.165) is 37.6 Å². The first-order valence-corrected chi connectivity index (χ1v) is 11.4. The van der Waals surface area contributed by atoms with Crippen molar-refractivity contribution in [3.05, 3.63) is 52.3 Å². The number of hydrogen-bond donors (Lipinski definition) is 0. The van der Waals surface area contributed by atoms with Gasteiger partial charge in [0, 0.05) is 24.2 Å². The van der Waals surface area contributed by atoms with E-state index in [1.807, 2.05) is 0 Å². The molecule has 0 unspecified atom stereocenters. The Hall–Kier alpha value is -1.78. The summed E-state index contributed by atoms with van der Waals surface area (Å²) in [6, 6.07) is 7.20. The van der Waals surface area contributed by atoms with E-state index in [-0.39, 0.29) is 6.10 Å². The van der Waals surface area contributed by atoms with Crippen LogP contribution >= 0.6 is 0 Å². The Balaban J connectivity index is 1.36. The van der Waals surface area contributed by atoms with Gasteiger partial charge in [0.2, 0.25) is 0 Å². The molecule has 0 amide bonds. The fourth-order valence-electron chi connectivity index (χ4n) is 4.83. The molecule has 0 spiro atoms. The van der Waals surface area contributed by atoms with Gasteiger partial charge in [-0.25, -0.2) is 0 Å². The zero-order valence-electron chi connectivity index (χ0n) is 17.6. The number of benzene rings is 1. The number of aryl methyl sites for hydroxylation is 1. The minimum Gasteiger partial charge on any atom is -0.491 e. The highest BCUT2D eigenvalue weighted by Gasteiger charge is 2.29. The lowest BCUT2D eigenvalue weighted by Gasteiger charge is -2.38. The number of rotatable bonds is 7. The van der Waals surface area contributed by atoms with Gasteiger partial charge in [0.15, 0.2) is 0 Å². The van der Waals surface area contributed by atoms with Crippen molar-refractivity contribution in [2.24, 2.45) is 5.92 Å². The standard InChI is InChI=1S/C25H33NO3/c1-2-22-24(29-17-21-16-27-13-14-28-21)10-12-26-11-9-20-15-19(6-5-18-3-4-18)7-8-23(20)25(22)26/h7-8,10,15,18,21H,2-6,9,11-14,16-17H2,1H3/t21-/m0/s1. The predicted octanol–water partition coefficient (Wildman–Crippen LogP) is 4.34. The average molecular weight is 396 g/mol. The SMILES string of the molecule is CCC1=C2c3ccc(CCC4CC4)cc3CCN2CC=C1OC[C@@H]1COCCO1. The summed E-state index contributed by atoms with van der Waals surface area (Å²) in [4.78, 5) is 2.53. The van der Waals surface area contributed by atoms with Crippen molar-refractivity contribution in [1.82, 2.24) is 4.90 Å². The lowest BCUT2D eigenvalue weighted by atomic mass is 9.88. The largest absolute Gasteiger partial charge is 0.491 e. The van der Waals surface area contributed by atoms with Crippen LogP contribution in [0.15, 0.2) is 35.6 Å². The molecule has 1 saturated heterocycles. The monoisotopic (exact) mass is 395 g/mol. The summed E-state index contributed by atoms with van der Waals surface area (Å²) in [7, 11) is 0. The van der Waals surface area contributed by atoms with Crippen molar-refractivity contribution in [1.29, 1.82) is 0 Å². The summed E-state index contributed by atoms with van der Waals surface area (Å²) in [6.45, 7) is 6.82. The van der Waals surface area contributed by atoms with Crippen molar-refractivity contribution in [3.8, 4) is 0 Å². The Morgan fingerprint density at radius 1 is 1.21 bits per heavy atom. The molecule has 1 saturated carbocycles. The van der Waals surface area contributed by atoms with Crippen LogP contribution < -0.4 is 0 Å². The minimum absolute atomic E-state index is 0.0402. The molecule has 0 radical (unpaired) electrons. The molecule has 1 aliphatic carbocycles. The van der Waals surface area contributed by atoms with Crippen LogP contribution in [0.25, 0.3) is 5.70 Å². The summed E-state index contributed by atoms with van der Waals surface area (Å²) in [5, 5.41) is 0. The predicted molar refractivity (Wildman–Crippen MR) is 115 cm³/mol. The molecule has 0 bridgehead atoms. The Labute approximate surface area is 174 Å². The number of ether oxygens (including phenoxy) is 3. The van der Waals surface area contributed by atoms with Crippen molar-refractivity contribution < 1.29 is 14.2 Å². The quantitative estimate of drug-likeness (QED) is 0.687. The molecule has 0 aromatic heterocycles. The highest BCUT2D eigenvalue weighted by molar-refractivity contribution is 5.75. The van der Waals surface area contributed by atoms with Crippen LogP contribution in [0.2, 0.25) is 0 Å². The Bertz CT molecular complexity index is 802. The number of allylic oxidation sites excluding steroid dienone is 1. The smallest absolute Gasteiger partial charge is 0.122 e. The van der Waals surface area contributed by atoms with Crippen molar-refractivity contribution in [2.45, 2.75) is 51.6 Å². The second kappa shape index (κ2) is 8.53. The highest BCUT2D eigenvalue weighted by atomic mass is 16.6. The van der Waals surface area contributed by atoms with E-state index in [0.29, 0.717) is 26.4 Å². The second-order valence-corrected chi connectivity index (χ2v) is 8.80. The Morgan fingerprint density at radius 3 is 2.93 bits per heavy atom.